The van der Waals surface area contributed by atoms with Gasteiger partial charge in [-0.2, -0.15) is 4.98 Å². The van der Waals surface area contributed by atoms with E-state index in [-0.39, 0.29) is 6.04 Å². The summed E-state index contributed by atoms with van der Waals surface area (Å²) in [6.07, 6.45) is 9.11. The second kappa shape index (κ2) is 7.25. The minimum Gasteiger partial charge on any atom is -0.341 e. The molecule has 0 spiro atoms. The molecule has 1 saturated carbocycles. The van der Waals surface area contributed by atoms with Gasteiger partial charge in [0.2, 0.25) is 5.95 Å². The maximum absolute atomic E-state index is 5.13. The Labute approximate surface area is 187 Å². The molecule has 32 heavy (non-hydrogen) atoms. The lowest BCUT2D eigenvalue weighted by Crippen LogP contribution is -2.43. The zero-order valence-electron chi connectivity index (χ0n) is 18.5. The summed E-state index contributed by atoms with van der Waals surface area (Å²) in [5.41, 5.74) is 1.98. The minimum atomic E-state index is 0.137. The molecule has 0 saturated heterocycles. The molecule has 1 aromatic carbocycles. The second-order valence-corrected chi connectivity index (χ2v) is 8.72. The number of benzene rings is 1. The van der Waals surface area contributed by atoms with Crippen LogP contribution in [0.25, 0.3) is 23.0 Å². The van der Waals surface area contributed by atoms with Crippen molar-refractivity contribution < 1.29 is 0 Å². The molecule has 2 unspecified atom stereocenters. The molecule has 3 aromatic heterocycles. The normalized spacial score (nSPS) is 18.3. The lowest BCUT2D eigenvalue weighted by molar-refractivity contribution is 0.453. The first kappa shape index (κ1) is 19.2. The molecule has 8 heteroatoms. The predicted octanol–water partition coefficient (Wildman–Crippen LogP) is 4.29. The van der Waals surface area contributed by atoms with Crippen LogP contribution >= 0.6 is 0 Å². The Bertz CT molecular complexity index is 1270. The van der Waals surface area contributed by atoms with E-state index in [0.717, 1.165) is 41.0 Å². The lowest BCUT2D eigenvalue weighted by atomic mass is 10.0. The summed E-state index contributed by atoms with van der Waals surface area (Å²) in [5, 5.41) is 8.94. The van der Waals surface area contributed by atoms with E-state index >= 15 is 0 Å². The maximum Gasteiger partial charge on any atom is 0.237 e. The summed E-state index contributed by atoms with van der Waals surface area (Å²) < 4.78 is 4.08. The van der Waals surface area contributed by atoms with Crippen molar-refractivity contribution in [1.29, 1.82) is 0 Å². The zero-order valence-corrected chi connectivity index (χ0v) is 18.5. The highest BCUT2D eigenvalue weighted by molar-refractivity contribution is 5.64. The summed E-state index contributed by atoms with van der Waals surface area (Å²) in [5.74, 6) is 4.94. The fourth-order valence-corrected chi connectivity index (χ4v) is 4.91. The van der Waals surface area contributed by atoms with Gasteiger partial charge < -0.3 is 4.90 Å². The molecule has 0 amide bonds. The Morgan fingerprint density at radius 3 is 2.66 bits per heavy atom. The third kappa shape index (κ3) is 2.86. The van der Waals surface area contributed by atoms with Crippen molar-refractivity contribution >= 4 is 5.82 Å². The number of anilines is 1. The van der Waals surface area contributed by atoms with E-state index < -0.39 is 0 Å². The Morgan fingerprint density at radius 2 is 1.91 bits per heavy atom. The van der Waals surface area contributed by atoms with Gasteiger partial charge in [0.05, 0.1) is 12.2 Å². The fourth-order valence-electron chi connectivity index (χ4n) is 4.91. The van der Waals surface area contributed by atoms with Crippen molar-refractivity contribution in [2.45, 2.75) is 52.1 Å². The maximum atomic E-state index is 5.13. The van der Waals surface area contributed by atoms with E-state index in [4.69, 9.17) is 9.97 Å². The first-order valence-corrected chi connectivity index (χ1v) is 11.3. The Kier molecular flexibility index (Phi) is 4.34. The van der Waals surface area contributed by atoms with Crippen LogP contribution in [0.15, 0.2) is 48.9 Å². The zero-order chi connectivity index (χ0) is 21.8. The number of nitrogens with zero attached hydrogens (tertiary/aromatic N) is 8. The summed E-state index contributed by atoms with van der Waals surface area (Å²) in [4.78, 5) is 16.9. The first-order valence-electron chi connectivity index (χ1n) is 11.3. The molecule has 2 atom stereocenters. The monoisotopic (exact) mass is 426 g/mol. The topological polar surface area (TPSA) is 77.5 Å². The number of aromatic nitrogens is 7. The van der Waals surface area contributed by atoms with Gasteiger partial charge >= 0.3 is 0 Å². The van der Waals surface area contributed by atoms with Gasteiger partial charge in [0, 0.05) is 24.0 Å². The number of imidazole rings is 1. The van der Waals surface area contributed by atoms with Crippen LogP contribution in [-0.4, -0.2) is 40.3 Å². The highest BCUT2D eigenvalue weighted by atomic mass is 15.4. The van der Waals surface area contributed by atoms with Crippen LogP contribution in [0.3, 0.4) is 0 Å². The smallest absolute Gasteiger partial charge is 0.237 e. The molecule has 4 aromatic rings. The molecule has 2 aliphatic rings. The van der Waals surface area contributed by atoms with Gasteiger partial charge in [-0.25, -0.2) is 9.97 Å². The summed E-state index contributed by atoms with van der Waals surface area (Å²) in [6, 6.07) is 10.7. The molecule has 1 fully saturated rings. The van der Waals surface area contributed by atoms with Gasteiger partial charge in [-0.15, -0.1) is 10.2 Å². The van der Waals surface area contributed by atoms with Crippen molar-refractivity contribution in [2.24, 2.45) is 5.92 Å². The SMILES string of the molecule is CCC1c2nnc(C)n2-c2cnc(-n3ccnc3-c3ccccc3)nc2N1C(C)C1CC1. The van der Waals surface area contributed by atoms with Gasteiger partial charge in [0.1, 0.15) is 17.3 Å². The molecule has 1 aliphatic carbocycles. The summed E-state index contributed by atoms with van der Waals surface area (Å²) >= 11 is 0. The minimum absolute atomic E-state index is 0.137. The third-order valence-corrected chi connectivity index (χ3v) is 6.72. The molecule has 0 radical (unpaired) electrons. The average Bonchev–Trinajstić information content (AvgIpc) is 3.44. The van der Waals surface area contributed by atoms with Crippen molar-refractivity contribution in [1.82, 2.24) is 34.3 Å². The number of aryl methyl sites for hydroxylation is 1. The Balaban J connectivity index is 1.53. The van der Waals surface area contributed by atoms with Crippen molar-refractivity contribution in [3.05, 3.63) is 60.6 Å². The van der Waals surface area contributed by atoms with Crippen molar-refractivity contribution in [3.8, 4) is 23.0 Å². The number of hydrogen-bond donors (Lipinski definition) is 0. The quantitative estimate of drug-likeness (QED) is 0.474. The lowest BCUT2D eigenvalue weighted by Gasteiger charge is -2.41. The highest BCUT2D eigenvalue weighted by Gasteiger charge is 2.42. The first-order chi connectivity index (χ1) is 15.7. The number of hydrogen-bond acceptors (Lipinski definition) is 6. The van der Waals surface area contributed by atoms with Crippen LogP contribution in [0, 0.1) is 12.8 Å². The molecule has 1 aliphatic heterocycles. The van der Waals surface area contributed by atoms with E-state index in [1.165, 1.54) is 12.8 Å². The molecule has 0 bridgehead atoms. The summed E-state index contributed by atoms with van der Waals surface area (Å²) in [7, 11) is 0. The van der Waals surface area contributed by atoms with Crippen molar-refractivity contribution in [3.63, 3.8) is 0 Å². The molecule has 0 N–H and O–H groups in total. The van der Waals surface area contributed by atoms with Crippen molar-refractivity contribution in [2.75, 3.05) is 4.90 Å². The molecule has 162 valence electrons. The number of rotatable bonds is 5. The largest absolute Gasteiger partial charge is 0.341 e. The van der Waals surface area contributed by atoms with E-state index in [0.29, 0.717) is 17.9 Å². The average molecular weight is 427 g/mol. The standard InChI is InChI=1S/C24H26N8/c1-4-19-23-29-28-16(3)32(23)20-14-26-24(27-22(20)31(19)15(2)17-10-11-17)30-13-12-25-21(30)18-8-6-5-7-9-18/h5-9,12-15,17,19H,4,10-11H2,1-3H3. The van der Waals surface area contributed by atoms with Gasteiger partial charge in [-0.3, -0.25) is 9.13 Å². The predicted molar refractivity (Wildman–Crippen MR) is 122 cm³/mol. The van der Waals surface area contributed by atoms with Crippen LogP contribution in [0.5, 0.6) is 0 Å². The molecule has 8 nitrogen and oxygen atoms in total. The van der Waals surface area contributed by atoms with E-state index in [2.05, 4.69) is 50.6 Å². The molecule has 4 heterocycles. The van der Waals surface area contributed by atoms with E-state index in [1.807, 2.05) is 42.1 Å². The molecule has 6 rings (SSSR count). The Hall–Kier alpha value is -3.55. The van der Waals surface area contributed by atoms with Crippen LogP contribution in [0.2, 0.25) is 0 Å². The highest BCUT2D eigenvalue weighted by Crippen LogP contribution is 2.45. The van der Waals surface area contributed by atoms with E-state index in [1.54, 1.807) is 6.20 Å². The van der Waals surface area contributed by atoms with Crippen LogP contribution < -0.4 is 4.90 Å². The molecular formula is C24H26N8. The van der Waals surface area contributed by atoms with Gasteiger partial charge in [0.25, 0.3) is 0 Å². The van der Waals surface area contributed by atoms with Crippen LogP contribution in [0.4, 0.5) is 5.82 Å². The van der Waals surface area contributed by atoms with Crippen LogP contribution in [-0.2, 0) is 0 Å². The van der Waals surface area contributed by atoms with Gasteiger partial charge in [0.15, 0.2) is 11.6 Å². The van der Waals surface area contributed by atoms with E-state index in [9.17, 15) is 0 Å². The fraction of sp³-hybridized carbons (Fsp3) is 0.375. The van der Waals surface area contributed by atoms with Crippen LogP contribution in [0.1, 0.15) is 50.8 Å². The third-order valence-electron chi connectivity index (χ3n) is 6.72. The number of fused-ring (bicyclic) bond motifs is 3. The Morgan fingerprint density at radius 1 is 1.09 bits per heavy atom. The summed E-state index contributed by atoms with van der Waals surface area (Å²) in [6.45, 7) is 6.52. The second-order valence-electron chi connectivity index (χ2n) is 8.72. The van der Waals surface area contributed by atoms with Gasteiger partial charge in [-0.05, 0) is 39.0 Å². The molecular weight excluding hydrogens is 400 g/mol. The van der Waals surface area contributed by atoms with Gasteiger partial charge in [-0.1, -0.05) is 37.3 Å².